The lowest BCUT2D eigenvalue weighted by Gasteiger charge is -2.29. The summed E-state index contributed by atoms with van der Waals surface area (Å²) >= 11 is 0. The molecule has 0 spiro atoms. The van der Waals surface area contributed by atoms with Gasteiger partial charge >= 0.3 is 11.9 Å². The second-order valence-corrected chi connectivity index (χ2v) is 6.68. The molecule has 0 radical (unpaired) electrons. The molecule has 0 saturated heterocycles. The zero-order valence-corrected chi connectivity index (χ0v) is 15.4. The molecule has 1 aromatic heterocycles. The van der Waals surface area contributed by atoms with Gasteiger partial charge in [0.2, 0.25) is 0 Å². The molecule has 0 unspecified atom stereocenters. The Morgan fingerprint density at radius 2 is 1.70 bits per heavy atom. The van der Waals surface area contributed by atoms with Crippen LogP contribution in [0.2, 0.25) is 0 Å². The van der Waals surface area contributed by atoms with Crippen LogP contribution >= 0.6 is 0 Å². The molecule has 5 heteroatoms. The Morgan fingerprint density at radius 3 is 2.44 bits per heavy atom. The Hall–Kier alpha value is -3.21. The number of fused-ring (bicyclic) bond motifs is 4. The summed E-state index contributed by atoms with van der Waals surface area (Å²) in [5, 5.41) is 3.16. The van der Waals surface area contributed by atoms with Crippen molar-refractivity contribution in [3.8, 4) is 0 Å². The lowest BCUT2D eigenvalue weighted by Crippen LogP contribution is -2.30. The van der Waals surface area contributed by atoms with Crippen molar-refractivity contribution in [1.82, 2.24) is 4.98 Å². The topological polar surface area (TPSA) is 65.5 Å². The van der Waals surface area contributed by atoms with Crippen LogP contribution < -0.4 is 0 Å². The van der Waals surface area contributed by atoms with E-state index in [4.69, 9.17) is 14.5 Å². The Bertz CT molecular complexity index is 1120. The van der Waals surface area contributed by atoms with Gasteiger partial charge in [-0.2, -0.15) is 0 Å². The largest absolute Gasteiger partial charge is 0.454 e. The standard InChI is InChI=1S/C22H19NO4/c1-12-16-9-8-15-6-4-5-7-18(15)20(16)23-21-17(12)10-11-19(26-13(2)24)22(21)27-14(3)25/h4-11,19,22H,1-3H3/t19-,22+/m0/s1. The highest BCUT2D eigenvalue weighted by atomic mass is 16.6. The van der Waals surface area contributed by atoms with Gasteiger partial charge in [0.15, 0.2) is 12.2 Å². The number of carbonyl (C=O) groups excluding carboxylic acids is 2. The molecule has 1 heterocycles. The number of pyridine rings is 1. The van der Waals surface area contributed by atoms with Crippen LogP contribution in [0.4, 0.5) is 0 Å². The van der Waals surface area contributed by atoms with Crippen LogP contribution in [0, 0.1) is 6.92 Å². The van der Waals surface area contributed by atoms with E-state index in [-0.39, 0.29) is 0 Å². The molecule has 5 nitrogen and oxygen atoms in total. The first kappa shape index (κ1) is 17.2. The fourth-order valence-electron chi connectivity index (χ4n) is 3.67. The number of ether oxygens (including phenoxy) is 2. The summed E-state index contributed by atoms with van der Waals surface area (Å²) < 4.78 is 10.9. The SMILES string of the molecule is CC(=O)O[C@H]1C=Cc2c(nc3c(ccc4ccccc43)c2C)[C@@H]1OC(C)=O. The van der Waals surface area contributed by atoms with Gasteiger partial charge in [0.1, 0.15) is 0 Å². The zero-order valence-electron chi connectivity index (χ0n) is 15.4. The molecule has 1 aliphatic carbocycles. The summed E-state index contributed by atoms with van der Waals surface area (Å²) in [5.74, 6) is -0.885. The fraction of sp³-hybridized carbons (Fsp3) is 0.227. The maximum atomic E-state index is 11.7. The van der Waals surface area contributed by atoms with Crippen molar-refractivity contribution in [2.75, 3.05) is 0 Å². The summed E-state index contributed by atoms with van der Waals surface area (Å²) in [6.45, 7) is 4.70. The lowest BCUT2D eigenvalue weighted by molar-refractivity contribution is -0.162. The molecule has 0 saturated carbocycles. The van der Waals surface area contributed by atoms with Crippen molar-refractivity contribution in [3.63, 3.8) is 0 Å². The van der Waals surface area contributed by atoms with E-state index in [0.717, 1.165) is 32.8 Å². The van der Waals surface area contributed by atoms with Crippen molar-refractivity contribution < 1.29 is 19.1 Å². The van der Waals surface area contributed by atoms with Crippen molar-refractivity contribution in [2.45, 2.75) is 33.0 Å². The van der Waals surface area contributed by atoms with E-state index in [1.807, 2.05) is 37.3 Å². The fourth-order valence-corrected chi connectivity index (χ4v) is 3.67. The minimum absolute atomic E-state index is 0.437. The van der Waals surface area contributed by atoms with Gasteiger partial charge in [-0.1, -0.05) is 42.5 Å². The van der Waals surface area contributed by atoms with Gasteiger partial charge in [-0.3, -0.25) is 9.59 Å². The van der Waals surface area contributed by atoms with Gasteiger partial charge in [0.05, 0.1) is 11.2 Å². The molecule has 0 fully saturated rings. The van der Waals surface area contributed by atoms with Crippen LogP contribution in [-0.4, -0.2) is 23.0 Å². The number of aromatic nitrogens is 1. The maximum Gasteiger partial charge on any atom is 0.303 e. The highest BCUT2D eigenvalue weighted by Gasteiger charge is 2.34. The average molecular weight is 361 g/mol. The Labute approximate surface area is 156 Å². The minimum Gasteiger partial charge on any atom is -0.454 e. The Balaban J connectivity index is 1.99. The van der Waals surface area contributed by atoms with Crippen LogP contribution in [-0.2, 0) is 19.1 Å². The van der Waals surface area contributed by atoms with E-state index in [1.165, 1.54) is 13.8 Å². The van der Waals surface area contributed by atoms with Crippen LogP contribution in [0.3, 0.4) is 0 Å². The number of benzene rings is 2. The minimum atomic E-state index is -0.770. The highest BCUT2D eigenvalue weighted by molar-refractivity contribution is 6.07. The normalized spacial score (nSPS) is 18.3. The number of hydrogen-bond acceptors (Lipinski definition) is 5. The predicted octanol–water partition coefficient (Wildman–Crippen LogP) is 4.26. The first-order chi connectivity index (χ1) is 13.0. The molecule has 0 N–H and O–H groups in total. The van der Waals surface area contributed by atoms with Crippen LogP contribution in [0.5, 0.6) is 0 Å². The molecule has 136 valence electrons. The third-order valence-corrected chi connectivity index (χ3v) is 4.83. The van der Waals surface area contributed by atoms with Crippen molar-refractivity contribution in [3.05, 3.63) is 59.3 Å². The highest BCUT2D eigenvalue weighted by Crippen LogP contribution is 2.37. The molecule has 4 rings (SSSR count). The Morgan fingerprint density at radius 1 is 0.963 bits per heavy atom. The quantitative estimate of drug-likeness (QED) is 0.504. The van der Waals surface area contributed by atoms with Crippen LogP contribution in [0.25, 0.3) is 27.8 Å². The number of esters is 2. The zero-order chi connectivity index (χ0) is 19.1. The second kappa shape index (κ2) is 6.50. The molecule has 3 aromatic rings. The molecular weight excluding hydrogens is 342 g/mol. The summed E-state index contributed by atoms with van der Waals surface area (Å²) in [6.07, 6.45) is 2.17. The molecule has 2 atom stereocenters. The summed E-state index contributed by atoms with van der Waals surface area (Å²) in [4.78, 5) is 28.1. The van der Waals surface area contributed by atoms with Gasteiger partial charge in [-0.05, 0) is 23.9 Å². The van der Waals surface area contributed by atoms with Gasteiger partial charge in [-0.25, -0.2) is 4.98 Å². The molecule has 0 bridgehead atoms. The number of rotatable bonds is 2. The van der Waals surface area contributed by atoms with E-state index in [0.29, 0.717) is 5.69 Å². The molecule has 2 aromatic carbocycles. The van der Waals surface area contributed by atoms with Crippen LogP contribution in [0.15, 0.2) is 42.5 Å². The van der Waals surface area contributed by atoms with Crippen molar-refractivity contribution in [2.24, 2.45) is 0 Å². The van der Waals surface area contributed by atoms with E-state index in [9.17, 15) is 9.59 Å². The lowest BCUT2D eigenvalue weighted by atomic mass is 9.91. The molecule has 27 heavy (non-hydrogen) atoms. The smallest absolute Gasteiger partial charge is 0.303 e. The predicted molar refractivity (Wildman–Crippen MR) is 103 cm³/mol. The maximum absolute atomic E-state index is 11.7. The molecule has 0 aliphatic heterocycles. The van der Waals surface area contributed by atoms with Gasteiger partial charge < -0.3 is 9.47 Å². The van der Waals surface area contributed by atoms with Crippen molar-refractivity contribution >= 4 is 39.7 Å². The molecule has 1 aliphatic rings. The van der Waals surface area contributed by atoms with Crippen molar-refractivity contribution in [1.29, 1.82) is 0 Å². The first-order valence-corrected chi connectivity index (χ1v) is 8.80. The van der Waals surface area contributed by atoms with E-state index >= 15 is 0 Å². The number of aryl methyl sites for hydroxylation is 1. The third kappa shape index (κ3) is 2.95. The molecule has 0 amide bonds. The Kier molecular flexibility index (Phi) is 4.15. The molecular formula is C22H19NO4. The van der Waals surface area contributed by atoms with Crippen LogP contribution in [0.1, 0.15) is 36.8 Å². The summed E-state index contributed by atoms with van der Waals surface area (Å²) in [7, 11) is 0. The monoisotopic (exact) mass is 361 g/mol. The number of carbonyl (C=O) groups is 2. The summed E-state index contributed by atoms with van der Waals surface area (Å²) in [5.41, 5.74) is 3.40. The van der Waals surface area contributed by atoms with E-state index in [2.05, 4.69) is 12.1 Å². The number of nitrogens with zero attached hydrogens (tertiary/aromatic N) is 1. The summed E-state index contributed by atoms with van der Waals surface area (Å²) in [6, 6.07) is 12.2. The van der Waals surface area contributed by atoms with Gasteiger partial charge in [-0.15, -0.1) is 0 Å². The first-order valence-electron chi connectivity index (χ1n) is 8.80. The number of hydrogen-bond donors (Lipinski definition) is 0. The average Bonchev–Trinajstić information content (AvgIpc) is 2.63. The van der Waals surface area contributed by atoms with E-state index in [1.54, 1.807) is 6.08 Å². The van der Waals surface area contributed by atoms with E-state index < -0.39 is 24.1 Å². The second-order valence-electron chi connectivity index (χ2n) is 6.68. The third-order valence-electron chi connectivity index (χ3n) is 4.83. The van der Waals surface area contributed by atoms with Gasteiger partial charge in [0.25, 0.3) is 0 Å². The van der Waals surface area contributed by atoms with Gasteiger partial charge in [0, 0.05) is 30.2 Å².